The second-order valence-electron chi connectivity index (χ2n) is 11.9. The summed E-state index contributed by atoms with van der Waals surface area (Å²) in [7, 11) is 0. The van der Waals surface area contributed by atoms with E-state index in [4.69, 9.17) is 23.5 Å². The molecule has 0 unspecified atom stereocenters. The van der Waals surface area contributed by atoms with Crippen LogP contribution in [-0.4, -0.2) is 19.5 Å². The van der Waals surface area contributed by atoms with Crippen molar-refractivity contribution < 1.29 is 14.0 Å². The van der Waals surface area contributed by atoms with Crippen LogP contribution in [0.1, 0.15) is 9.60 Å². The van der Waals surface area contributed by atoms with Crippen LogP contribution in [0.4, 0.5) is 0 Å². The van der Waals surface area contributed by atoms with Gasteiger partial charge in [0.05, 0.1) is 20.6 Å². The Balaban J connectivity index is 1.29. The third kappa shape index (κ3) is 4.67. The molecule has 0 spiro atoms. The number of fused-ring (bicyclic) bond motifs is 6. The lowest BCUT2D eigenvalue weighted by Gasteiger charge is -2.11. The monoisotopic (exact) mass is 647 g/mol. The Bertz CT molecular complexity index is 3270. The van der Waals surface area contributed by atoms with Gasteiger partial charge in [-0.05, 0) is 64.6 Å². The minimum Gasteiger partial charge on any atom is -0.456 e. The van der Waals surface area contributed by atoms with E-state index in [9.17, 15) is 5.48 Å². The molecule has 5 heteroatoms. The number of furan rings is 1. The predicted molar refractivity (Wildman–Crippen MR) is 203 cm³/mol. The number of rotatable bonds is 5. The molecule has 5 nitrogen and oxygen atoms in total. The van der Waals surface area contributed by atoms with Crippen molar-refractivity contribution in [3.05, 3.63) is 170 Å². The maximum absolute atomic E-state index is 9.68. The van der Waals surface area contributed by atoms with Crippen LogP contribution in [-0.2, 0) is 0 Å². The molecule has 10 rings (SSSR count). The van der Waals surface area contributed by atoms with E-state index in [2.05, 4.69) is 0 Å². The quantitative estimate of drug-likeness (QED) is 0.186. The fourth-order valence-electron chi connectivity index (χ4n) is 6.52. The van der Waals surface area contributed by atoms with E-state index in [1.54, 1.807) is 6.07 Å². The summed E-state index contributed by atoms with van der Waals surface area (Å²) in [5.41, 5.74) is 5.09. The van der Waals surface area contributed by atoms with Gasteiger partial charge in [0.15, 0.2) is 11.6 Å². The molecule has 3 heterocycles. The van der Waals surface area contributed by atoms with Crippen molar-refractivity contribution in [2.45, 2.75) is 0 Å². The van der Waals surface area contributed by atoms with E-state index in [-0.39, 0.29) is 69.1 Å². The molecule has 3 aromatic heterocycles. The summed E-state index contributed by atoms with van der Waals surface area (Å²) in [4.78, 5) is 14.7. The molecule has 0 aliphatic carbocycles. The molecule has 0 N–H and O–H groups in total. The van der Waals surface area contributed by atoms with Gasteiger partial charge in [-0.25, -0.2) is 4.98 Å². The Morgan fingerprint density at radius 1 is 0.440 bits per heavy atom. The van der Waals surface area contributed by atoms with E-state index in [0.717, 1.165) is 27.5 Å². The van der Waals surface area contributed by atoms with Gasteiger partial charge in [0.1, 0.15) is 11.2 Å². The maximum Gasteiger partial charge on any atom is 0.238 e. The SMILES string of the molecule is [2H]c1c([2H])c([2H])c2c(c1[2H])c1c([2H])c(-c3cccc(-c4ccccc4)c3)c([2H])c([2H])c1n2-c1nc(-c2ccccc2)nc(-c2ccc3c(c2)oc2ccccc23)n1. The van der Waals surface area contributed by atoms with Gasteiger partial charge in [-0.1, -0.05) is 127 Å². The average molecular weight is 648 g/mol. The lowest BCUT2D eigenvalue weighted by Crippen LogP contribution is -2.06. The topological polar surface area (TPSA) is 56.7 Å². The predicted octanol–water partition coefficient (Wildman–Crippen LogP) is 11.5. The molecule has 0 fully saturated rings. The van der Waals surface area contributed by atoms with Crippen molar-refractivity contribution in [3.8, 4) is 51.0 Å². The van der Waals surface area contributed by atoms with Crippen LogP contribution in [0, 0.1) is 0 Å². The third-order valence-corrected chi connectivity index (χ3v) is 8.91. The van der Waals surface area contributed by atoms with Gasteiger partial charge in [0, 0.05) is 32.7 Å². The zero-order valence-electron chi connectivity index (χ0n) is 33.3. The number of hydrogen-bond acceptors (Lipinski definition) is 4. The Morgan fingerprint density at radius 2 is 1.10 bits per heavy atom. The number of nitrogens with zero attached hydrogens (tertiary/aromatic N) is 4. The van der Waals surface area contributed by atoms with Crippen molar-refractivity contribution in [1.29, 1.82) is 0 Å². The molecule has 234 valence electrons. The summed E-state index contributed by atoms with van der Waals surface area (Å²) in [6.45, 7) is 0. The van der Waals surface area contributed by atoms with Crippen LogP contribution in [0.5, 0.6) is 0 Å². The molecular weight excluding hydrogens is 613 g/mol. The minimum absolute atomic E-state index is 0.0128. The highest BCUT2D eigenvalue weighted by molar-refractivity contribution is 6.10. The number of hydrogen-bond donors (Lipinski definition) is 0. The maximum atomic E-state index is 9.68. The van der Waals surface area contributed by atoms with E-state index >= 15 is 0 Å². The molecule has 10 aromatic rings. The van der Waals surface area contributed by atoms with Gasteiger partial charge < -0.3 is 4.42 Å². The second-order valence-corrected chi connectivity index (χ2v) is 11.9. The Kier molecular flexibility index (Phi) is 4.99. The van der Waals surface area contributed by atoms with E-state index < -0.39 is 18.1 Å². The lowest BCUT2D eigenvalue weighted by molar-refractivity contribution is 0.669. The molecule has 0 amide bonds. The van der Waals surface area contributed by atoms with Gasteiger partial charge in [-0.2, -0.15) is 9.97 Å². The summed E-state index contributed by atoms with van der Waals surface area (Å²) in [5.74, 6) is 0.476. The van der Waals surface area contributed by atoms with Gasteiger partial charge in [0.2, 0.25) is 5.95 Å². The smallest absolute Gasteiger partial charge is 0.238 e. The van der Waals surface area contributed by atoms with Crippen LogP contribution in [0.15, 0.2) is 174 Å². The molecular formula is C45H28N4O. The van der Waals surface area contributed by atoms with Crippen LogP contribution in [0.3, 0.4) is 0 Å². The first-order valence-corrected chi connectivity index (χ1v) is 16.1. The van der Waals surface area contributed by atoms with Crippen LogP contribution in [0.2, 0.25) is 0 Å². The van der Waals surface area contributed by atoms with E-state index in [1.165, 1.54) is 4.57 Å². The standard InChI is InChI=1S/C45H28N4O/c1-3-12-29(13-4-1)31-16-11-17-32(26-31)33-23-25-40-38(27-33)35-18-7-9-20-39(35)49(40)45-47-43(30-14-5-2-6-15-30)46-44(48-45)34-22-24-37-36-19-8-10-21-41(36)50-42(37)28-34/h1-28H/i7D,9D,18D,20D,23D,25D,27D. The first-order chi connectivity index (χ1) is 27.7. The van der Waals surface area contributed by atoms with Crippen molar-refractivity contribution >= 4 is 43.7 Å². The molecule has 0 bridgehead atoms. The largest absolute Gasteiger partial charge is 0.456 e. The number of aromatic nitrogens is 4. The van der Waals surface area contributed by atoms with Crippen molar-refractivity contribution in [2.24, 2.45) is 0 Å². The average Bonchev–Trinajstić information content (AvgIpc) is 3.82. The molecule has 0 atom stereocenters. The van der Waals surface area contributed by atoms with Crippen molar-refractivity contribution in [3.63, 3.8) is 0 Å². The molecule has 0 aliphatic rings. The molecule has 0 radical (unpaired) electrons. The second kappa shape index (κ2) is 11.4. The zero-order chi connectivity index (χ0) is 39.1. The van der Waals surface area contributed by atoms with Crippen LogP contribution >= 0.6 is 0 Å². The fourth-order valence-corrected chi connectivity index (χ4v) is 6.52. The summed E-state index contributed by atoms with van der Waals surface area (Å²) in [6, 6.07) is 37.4. The van der Waals surface area contributed by atoms with E-state index in [1.807, 2.05) is 121 Å². The molecule has 0 saturated carbocycles. The van der Waals surface area contributed by atoms with Crippen molar-refractivity contribution in [1.82, 2.24) is 19.5 Å². The number of benzene rings is 7. The van der Waals surface area contributed by atoms with Gasteiger partial charge >= 0.3 is 0 Å². The normalized spacial score (nSPS) is 13.6. The Labute approximate surface area is 297 Å². The summed E-state index contributed by atoms with van der Waals surface area (Å²) in [6.07, 6.45) is 0. The van der Waals surface area contributed by atoms with Crippen molar-refractivity contribution in [2.75, 3.05) is 0 Å². The molecule has 7 aromatic carbocycles. The zero-order valence-corrected chi connectivity index (χ0v) is 26.3. The molecule has 0 saturated heterocycles. The van der Waals surface area contributed by atoms with Gasteiger partial charge in [-0.3, -0.25) is 4.57 Å². The summed E-state index contributed by atoms with van der Waals surface area (Å²) in [5, 5.41) is 2.00. The molecule has 0 aliphatic heterocycles. The van der Waals surface area contributed by atoms with E-state index in [0.29, 0.717) is 22.3 Å². The Morgan fingerprint density at radius 3 is 1.94 bits per heavy atom. The van der Waals surface area contributed by atoms with Gasteiger partial charge in [0.25, 0.3) is 0 Å². The lowest BCUT2D eigenvalue weighted by atomic mass is 9.98. The highest BCUT2D eigenvalue weighted by atomic mass is 16.3. The first kappa shape index (κ1) is 21.9. The number of para-hydroxylation sites is 2. The Hall–Kier alpha value is -6.85. The highest BCUT2D eigenvalue weighted by Crippen LogP contribution is 2.37. The molecule has 50 heavy (non-hydrogen) atoms. The van der Waals surface area contributed by atoms with Crippen LogP contribution in [0.25, 0.3) is 94.7 Å². The highest BCUT2D eigenvalue weighted by Gasteiger charge is 2.19. The summed E-state index contributed by atoms with van der Waals surface area (Å²) < 4.78 is 71.9. The summed E-state index contributed by atoms with van der Waals surface area (Å²) >= 11 is 0. The third-order valence-electron chi connectivity index (χ3n) is 8.91. The van der Waals surface area contributed by atoms with Crippen LogP contribution < -0.4 is 0 Å². The van der Waals surface area contributed by atoms with Gasteiger partial charge in [-0.15, -0.1) is 0 Å². The fraction of sp³-hybridized carbons (Fsp3) is 0. The minimum atomic E-state index is -0.496. The first-order valence-electron chi connectivity index (χ1n) is 19.6.